The third-order valence-corrected chi connectivity index (χ3v) is 5.12. The number of hydrogen-bond acceptors (Lipinski definition) is 7. The first-order valence-electron chi connectivity index (χ1n) is 9.03. The van der Waals surface area contributed by atoms with Gasteiger partial charge in [-0.15, -0.1) is 5.10 Å². The molecule has 3 rings (SSSR count). The van der Waals surface area contributed by atoms with Crippen molar-refractivity contribution in [1.29, 1.82) is 0 Å². The standard InChI is InChI=1S/C18H22N4O5S/c1-2-26-16(24)12-5-7-13(8-6-12)19-15(23)11-28-18-21-20-17(25)22(18)10-14-4-3-9-27-14/h5-8,14H,2-4,9-11H2,1H3,(H,19,23)(H,20,25)/t14-/m1/s1. The molecule has 1 aliphatic rings. The second-order valence-electron chi connectivity index (χ2n) is 6.19. The van der Waals surface area contributed by atoms with Crippen LogP contribution in [0.4, 0.5) is 5.69 Å². The van der Waals surface area contributed by atoms with Crippen molar-refractivity contribution >= 4 is 29.3 Å². The van der Waals surface area contributed by atoms with Crippen molar-refractivity contribution in [2.45, 2.75) is 37.6 Å². The molecule has 0 unspecified atom stereocenters. The van der Waals surface area contributed by atoms with Gasteiger partial charge in [0.25, 0.3) is 0 Å². The van der Waals surface area contributed by atoms with Gasteiger partial charge in [0.2, 0.25) is 5.91 Å². The number of thioether (sulfide) groups is 1. The summed E-state index contributed by atoms with van der Waals surface area (Å²) < 4.78 is 12.0. The summed E-state index contributed by atoms with van der Waals surface area (Å²) in [6, 6.07) is 6.45. The quantitative estimate of drug-likeness (QED) is 0.506. The van der Waals surface area contributed by atoms with Crippen molar-refractivity contribution in [2.24, 2.45) is 0 Å². The molecule has 1 atom stereocenters. The fourth-order valence-corrected chi connectivity index (χ4v) is 3.55. The summed E-state index contributed by atoms with van der Waals surface area (Å²) in [5.74, 6) is -0.554. The second-order valence-corrected chi connectivity index (χ2v) is 7.13. The highest BCUT2D eigenvalue weighted by Gasteiger charge is 2.20. The van der Waals surface area contributed by atoms with Crippen LogP contribution in [-0.4, -0.2) is 51.7 Å². The lowest BCUT2D eigenvalue weighted by Crippen LogP contribution is -2.25. The highest BCUT2D eigenvalue weighted by molar-refractivity contribution is 7.99. The molecule has 1 amide bonds. The zero-order chi connectivity index (χ0) is 19.9. The molecule has 1 aliphatic heterocycles. The first kappa shape index (κ1) is 20.2. The molecule has 2 N–H and O–H groups in total. The molecule has 0 spiro atoms. The van der Waals surface area contributed by atoms with Gasteiger partial charge in [0.15, 0.2) is 5.16 Å². The summed E-state index contributed by atoms with van der Waals surface area (Å²) in [4.78, 5) is 35.8. The number of H-pyrrole nitrogens is 1. The van der Waals surface area contributed by atoms with Crippen LogP contribution in [0, 0.1) is 0 Å². The number of carbonyl (C=O) groups excluding carboxylic acids is 2. The molecule has 2 heterocycles. The molecule has 0 radical (unpaired) electrons. The normalized spacial score (nSPS) is 16.1. The van der Waals surface area contributed by atoms with E-state index in [1.807, 2.05) is 0 Å². The molecule has 2 aromatic rings. The number of amides is 1. The Kier molecular flexibility index (Phi) is 6.88. The summed E-state index contributed by atoms with van der Waals surface area (Å²) in [7, 11) is 0. The lowest BCUT2D eigenvalue weighted by molar-refractivity contribution is -0.113. The molecule has 1 aromatic heterocycles. The van der Waals surface area contributed by atoms with Gasteiger partial charge in [0, 0.05) is 12.3 Å². The van der Waals surface area contributed by atoms with Crippen molar-refractivity contribution < 1.29 is 19.1 Å². The van der Waals surface area contributed by atoms with E-state index in [2.05, 4.69) is 15.5 Å². The minimum atomic E-state index is -0.404. The molecule has 0 aliphatic carbocycles. The van der Waals surface area contributed by atoms with E-state index >= 15 is 0 Å². The van der Waals surface area contributed by atoms with Gasteiger partial charge < -0.3 is 14.8 Å². The largest absolute Gasteiger partial charge is 0.462 e. The van der Waals surface area contributed by atoms with Crippen molar-refractivity contribution in [3.8, 4) is 0 Å². The van der Waals surface area contributed by atoms with Crippen molar-refractivity contribution in [3.63, 3.8) is 0 Å². The summed E-state index contributed by atoms with van der Waals surface area (Å²) in [5, 5.41) is 9.60. The van der Waals surface area contributed by atoms with Gasteiger partial charge >= 0.3 is 11.7 Å². The van der Waals surface area contributed by atoms with Gasteiger partial charge in [-0.05, 0) is 44.0 Å². The van der Waals surface area contributed by atoms with E-state index in [1.165, 1.54) is 16.3 Å². The first-order valence-corrected chi connectivity index (χ1v) is 10.0. The Morgan fingerprint density at radius 2 is 2.18 bits per heavy atom. The Balaban J connectivity index is 1.53. The van der Waals surface area contributed by atoms with Gasteiger partial charge in [0.1, 0.15) is 0 Å². The van der Waals surface area contributed by atoms with Crippen molar-refractivity contribution in [1.82, 2.24) is 14.8 Å². The average molecular weight is 406 g/mol. The van der Waals surface area contributed by atoms with E-state index in [4.69, 9.17) is 9.47 Å². The molecular weight excluding hydrogens is 384 g/mol. The van der Waals surface area contributed by atoms with Crippen LogP contribution in [0.5, 0.6) is 0 Å². The van der Waals surface area contributed by atoms with E-state index in [0.29, 0.717) is 36.2 Å². The highest BCUT2D eigenvalue weighted by Crippen LogP contribution is 2.18. The van der Waals surface area contributed by atoms with E-state index in [1.54, 1.807) is 31.2 Å². The first-order chi connectivity index (χ1) is 13.6. The van der Waals surface area contributed by atoms with E-state index < -0.39 is 5.97 Å². The number of aromatic nitrogens is 3. The lowest BCUT2D eigenvalue weighted by atomic mass is 10.2. The molecule has 28 heavy (non-hydrogen) atoms. The number of ether oxygens (including phenoxy) is 2. The number of rotatable bonds is 8. The summed E-state index contributed by atoms with van der Waals surface area (Å²) in [6.45, 7) is 3.18. The Hall–Kier alpha value is -2.59. The third kappa shape index (κ3) is 5.23. The van der Waals surface area contributed by atoms with E-state index in [9.17, 15) is 14.4 Å². The molecule has 10 heteroatoms. The number of carbonyl (C=O) groups is 2. The van der Waals surface area contributed by atoms with Crippen molar-refractivity contribution in [3.05, 3.63) is 40.3 Å². The Morgan fingerprint density at radius 1 is 1.39 bits per heavy atom. The highest BCUT2D eigenvalue weighted by atomic mass is 32.2. The maximum atomic E-state index is 12.2. The number of anilines is 1. The summed E-state index contributed by atoms with van der Waals surface area (Å²) >= 11 is 1.17. The van der Waals surface area contributed by atoms with Gasteiger partial charge in [-0.25, -0.2) is 14.7 Å². The fraction of sp³-hybridized carbons (Fsp3) is 0.444. The molecule has 1 aromatic carbocycles. The van der Waals surface area contributed by atoms with Crippen LogP contribution >= 0.6 is 11.8 Å². The second kappa shape index (κ2) is 9.56. The number of benzene rings is 1. The molecule has 150 valence electrons. The fourth-order valence-electron chi connectivity index (χ4n) is 2.80. The molecule has 0 saturated carbocycles. The van der Waals surface area contributed by atoms with Crippen LogP contribution in [0.25, 0.3) is 0 Å². The molecule has 1 saturated heterocycles. The predicted molar refractivity (Wildman–Crippen MR) is 104 cm³/mol. The van der Waals surface area contributed by atoms with Crippen LogP contribution in [-0.2, 0) is 20.8 Å². The molecule has 1 fully saturated rings. The maximum Gasteiger partial charge on any atom is 0.344 e. The van der Waals surface area contributed by atoms with Crippen LogP contribution in [0.1, 0.15) is 30.1 Å². The zero-order valence-corrected chi connectivity index (χ0v) is 16.3. The van der Waals surface area contributed by atoms with Crippen LogP contribution in [0.3, 0.4) is 0 Å². The minimum absolute atomic E-state index is 0.00129. The number of nitrogens with zero attached hydrogens (tertiary/aromatic N) is 2. The number of esters is 1. The zero-order valence-electron chi connectivity index (χ0n) is 15.5. The van der Waals surface area contributed by atoms with Gasteiger partial charge in [-0.2, -0.15) is 0 Å². The Labute approximate surface area is 165 Å². The van der Waals surface area contributed by atoms with Crippen LogP contribution < -0.4 is 11.0 Å². The Bertz CT molecular complexity index is 871. The monoisotopic (exact) mass is 406 g/mol. The smallest absolute Gasteiger partial charge is 0.344 e. The average Bonchev–Trinajstić information content (AvgIpc) is 3.32. The third-order valence-electron chi connectivity index (χ3n) is 4.15. The lowest BCUT2D eigenvalue weighted by Gasteiger charge is -2.11. The summed E-state index contributed by atoms with van der Waals surface area (Å²) in [5.41, 5.74) is 0.675. The molecule has 0 bridgehead atoms. The Morgan fingerprint density at radius 3 is 2.86 bits per heavy atom. The van der Waals surface area contributed by atoms with Gasteiger partial charge in [0.05, 0.1) is 30.6 Å². The van der Waals surface area contributed by atoms with Gasteiger partial charge in [-0.1, -0.05) is 11.8 Å². The van der Waals surface area contributed by atoms with Crippen LogP contribution in [0.15, 0.2) is 34.2 Å². The van der Waals surface area contributed by atoms with E-state index in [-0.39, 0.29) is 23.5 Å². The van der Waals surface area contributed by atoms with Gasteiger partial charge in [-0.3, -0.25) is 9.36 Å². The maximum absolute atomic E-state index is 12.2. The summed E-state index contributed by atoms with van der Waals surface area (Å²) in [6.07, 6.45) is 1.89. The van der Waals surface area contributed by atoms with Crippen LogP contribution in [0.2, 0.25) is 0 Å². The molecular formula is C18H22N4O5S. The van der Waals surface area contributed by atoms with E-state index in [0.717, 1.165) is 12.8 Å². The number of nitrogens with one attached hydrogen (secondary N) is 2. The molecule has 9 nitrogen and oxygen atoms in total. The predicted octanol–water partition coefficient (Wildman–Crippen LogP) is 1.66. The number of aromatic amines is 1. The SMILES string of the molecule is CCOC(=O)c1ccc(NC(=O)CSc2n[nH]c(=O)n2C[C@H]2CCCO2)cc1. The topological polar surface area (TPSA) is 115 Å². The number of hydrogen-bond donors (Lipinski definition) is 2. The van der Waals surface area contributed by atoms with Crippen molar-refractivity contribution in [2.75, 3.05) is 24.3 Å². The minimum Gasteiger partial charge on any atom is -0.462 e.